The number of hydrogen-bond acceptors (Lipinski definition) is 1. The third kappa shape index (κ3) is 1.26. The van der Waals surface area contributed by atoms with E-state index in [1.54, 1.807) is 0 Å². The molecule has 0 atom stereocenters. The van der Waals surface area contributed by atoms with Crippen molar-refractivity contribution in [3.8, 4) is 0 Å². The van der Waals surface area contributed by atoms with Crippen molar-refractivity contribution in [1.82, 2.24) is 0 Å². The minimum Gasteiger partial charge on any atom is -0.398 e. The molecule has 0 heterocycles. The van der Waals surface area contributed by atoms with Crippen LogP contribution in [-0.4, -0.2) is 0 Å². The van der Waals surface area contributed by atoms with Crippen molar-refractivity contribution in [3.63, 3.8) is 0 Å². The Hall–Kier alpha value is -1.50. The summed E-state index contributed by atoms with van der Waals surface area (Å²) < 4.78 is 0. The fraction of sp³-hybridized carbons (Fsp3) is 0.0909. The van der Waals surface area contributed by atoms with Crippen LogP contribution in [0.15, 0.2) is 59.4 Å². The zero-order valence-corrected chi connectivity index (χ0v) is 6.83. The van der Waals surface area contributed by atoms with Gasteiger partial charge in [0.25, 0.3) is 0 Å². The van der Waals surface area contributed by atoms with Gasteiger partial charge in [-0.2, -0.15) is 0 Å². The van der Waals surface area contributed by atoms with Crippen LogP contribution in [0.25, 0.3) is 0 Å². The molecule has 0 fully saturated rings. The van der Waals surface area contributed by atoms with Crippen molar-refractivity contribution in [3.05, 3.63) is 59.4 Å². The van der Waals surface area contributed by atoms with E-state index in [4.69, 9.17) is 5.73 Å². The van der Waals surface area contributed by atoms with Gasteiger partial charge in [0.05, 0.1) is 0 Å². The molecule has 1 nitrogen and oxygen atoms in total. The Kier molecular flexibility index (Phi) is 1.71. The van der Waals surface area contributed by atoms with Gasteiger partial charge in [-0.15, -0.1) is 0 Å². The Bertz CT molecular complexity index is 338. The highest BCUT2D eigenvalue weighted by Crippen LogP contribution is 2.22. The summed E-state index contributed by atoms with van der Waals surface area (Å²) in [7, 11) is 0. The fourth-order valence-electron chi connectivity index (χ4n) is 1.38. The summed E-state index contributed by atoms with van der Waals surface area (Å²) in [6, 6.07) is 0. The van der Waals surface area contributed by atoms with Crippen LogP contribution in [0.3, 0.4) is 0 Å². The van der Waals surface area contributed by atoms with E-state index in [0.717, 1.165) is 12.1 Å². The number of rotatable bonds is 0. The molecule has 1 heteroatoms. The van der Waals surface area contributed by atoms with Crippen molar-refractivity contribution in [2.75, 3.05) is 0 Å². The van der Waals surface area contributed by atoms with E-state index in [2.05, 4.69) is 18.2 Å². The van der Waals surface area contributed by atoms with Crippen LogP contribution >= 0.6 is 0 Å². The molecule has 0 aliphatic heterocycles. The molecule has 0 aromatic heterocycles. The molecular formula is C11H11N. The van der Waals surface area contributed by atoms with Gasteiger partial charge in [-0.3, -0.25) is 0 Å². The highest BCUT2D eigenvalue weighted by molar-refractivity contribution is 5.46. The fourth-order valence-corrected chi connectivity index (χ4v) is 1.38. The van der Waals surface area contributed by atoms with E-state index in [1.165, 1.54) is 11.1 Å². The summed E-state index contributed by atoms with van der Waals surface area (Å²) in [6.45, 7) is 0. The molecule has 2 aliphatic rings. The standard InChI is InChI=1S/C11H11N/c12-11-7-3-5-9-4-1-2-6-10(11)8-9/h1-7H,8,12H2. The summed E-state index contributed by atoms with van der Waals surface area (Å²) in [5.41, 5.74) is 9.23. The summed E-state index contributed by atoms with van der Waals surface area (Å²) in [5.74, 6) is 0. The largest absolute Gasteiger partial charge is 0.398 e. The SMILES string of the molecule is NC1=CC=CC2=CC=CC=C1C2. The minimum atomic E-state index is 0.876. The first kappa shape index (κ1) is 7.17. The number of hydrogen-bond donors (Lipinski definition) is 1. The van der Waals surface area contributed by atoms with Crippen molar-refractivity contribution in [1.29, 1.82) is 0 Å². The average Bonchev–Trinajstić information content (AvgIpc) is 2.38. The van der Waals surface area contributed by atoms with Gasteiger partial charge >= 0.3 is 0 Å². The van der Waals surface area contributed by atoms with Crippen LogP contribution in [0, 0.1) is 0 Å². The number of allylic oxidation sites excluding steroid dienone is 9. The Morgan fingerprint density at radius 1 is 1.00 bits per heavy atom. The monoisotopic (exact) mass is 157 g/mol. The Morgan fingerprint density at radius 2 is 1.83 bits per heavy atom. The third-order valence-electron chi connectivity index (χ3n) is 2.07. The molecule has 0 aromatic rings. The molecule has 2 bridgehead atoms. The number of nitrogens with two attached hydrogens (primary N) is 1. The molecule has 2 N–H and O–H groups in total. The lowest BCUT2D eigenvalue weighted by Gasteiger charge is -2.03. The van der Waals surface area contributed by atoms with Crippen LogP contribution in [-0.2, 0) is 0 Å². The van der Waals surface area contributed by atoms with Crippen LogP contribution in [0.2, 0.25) is 0 Å². The molecule has 0 unspecified atom stereocenters. The van der Waals surface area contributed by atoms with Gasteiger partial charge in [0.15, 0.2) is 0 Å². The predicted octanol–water partition coefficient (Wildman–Crippen LogP) is 2.21. The topological polar surface area (TPSA) is 26.0 Å². The summed E-state index contributed by atoms with van der Waals surface area (Å²) >= 11 is 0. The molecule has 2 rings (SSSR count). The molecule has 0 aromatic carbocycles. The van der Waals surface area contributed by atoms with E-state index in [1.807, 2.05) is 24.3 Å². The molecular weight excluding hydrogens is 146 g/mol. The normalized spacial score (nSPS) is 20.5. The first-order chi connectivity index (χ1) is 5.86. The molecule has 12 heavy (non-hydrogen) atoms. The number of fused-ring (bicyclic) bond motifs is 2. The lowest BCUT2D eigenvalue weighted by Crippen LogP contribution is -1.99. The van der Waals surface area contributed by atoms with Gasteiger partial charge in [-0.1, -0.05) is 36.5 Å². The van der Waals surface area contributed by atoms with Crippen molar-refractivity contribution < 1.29 is 0 Å². The second-order valence-electron chi connectivity index (χ2n) is 2.98. The van der Waals surface area contributed by atoms with E-state index >= 15 is 0 Å². The van der Waals surface area contributed by atoms with E-state index in [0.29, 0.717) is 0 Å². The van der Waals surface area contributed by atoms with E-state index in [9.17, 15) is 0 Å². The summed E-state index contributed by atoms with van der Waals surface area (Å²) in [5, 5.41) is 0. The smallest absolute Gasteiger partial charge is 0.0349 e. The summed E-state index contributed by atoms with van der Waals surface area (Å²) in [4.78, 5) is 0. The second kappa shape index (κ2) is 2.86. The highest BCUT2D eigenvalue weighted by atomic mass is 14.6. The van der Waals surface area contributed by atoms with Crippen LogP contribution in [0.1, 0.15) is 6.42 Å². The zero-order valence-electron chi connectivity index (χ0n) is 6.83. The van der Waals surface area contributed by atoms with Gasteiger partial charge in [0.2, 0.25) is 0 Å². The Morgan fingerprint density at radius 3 is 2.75 bits per heavy atom. The quantitative estimate of drug-likeness (QED) is 0.573. The first-order valence-electron chi connectivity index (χ1n) is 4.07. The van der Waals surface area contributed by atoms with Crippen molar-refractivity contribution in [2.24, 2.45) is 5.73 Å². The molecule has 0 radical (unpaired) electrons. The van der Waals surface area contributed by atoms with Crippen LogP contribution < -0.4 is 5.73 Å². The molecule has 0 amide bonds. The minimum absolute atomic E-state index is 0.876. The van der Waals surface area contributed by atoms with Crippen LogP contribution in [0.4, 0.5) is 0 Å². The van der Waals surface area contributed by atoms with Gasteiger partial charge in [0.1, 0.15) is 0 Å². The van der Waals surface area contributed by atoms with Crippen molar-refractivity contribution >= 4 is 0 Å². The highest BCUT2D eigenvalue weighted by Gasteiger charge is 2.06. The summed E-state index contributed by atoms with van der Waals surface area (Å²) in [6.07, 6.45) is 15.3. The lowest BCUT2D eigenvalue weighted by atomic mass is 10.1. The maximum absolute atomic E-state index is 5.84. The maximum Gasteiger partial charge on any atom is 0.0349 e. The lowest BCUT2D eigenvalue weighted by molar-refractivity contribution is 1.15. The molecule has 60 valence electrons. The van der Waals surface area contributed by atoms with Gasteiger partial charge in [0, 0.05) is 5.70 Å². The molecule has 2 aliphatic carbocycles. The van der Waals surface area contributed by atoms with Gasteiger partial charge < -0.3 is 5.73 Å². The van der Waals surface area contributed by atoms with Gasteiger partial charge in [-0.05, 0) is 23.6 Å². The van der Waals surface area contributed by atoms with Gasteiger partial charge in [-0.25, -0.2) is 0 Å². The zero-order chi connectivity index (χ0) is 8.39. The van der Waals surface area contributed by atoms with E-state index in [-0.39, 0.29) is 0 Å². The first-order valence-corrected chi connectivity index (χ1v) is 4.07. The average molecular weight is 157 g/mol. The van der Waals surface area contributed by atoms with Crippen LogP contribution in [0.5, 0.6) is 0 Å². The molecule has 0 spiro atoms. The Labute approximate surface area is 72.3 Å². The molecule has 0 saturated carbocycles. The Balaban J connectivity index is 2.49. The molecule has 0 saturated heterocycles. The maximum atomic E-state index is 5.84. The predicted molar refractivity (Wildman–Crippen MR) is 51.3 cm³/mol. The third-order valence-corrected chi connectivity index (χ3v) is 2.07. The van der Waals surface area contributed by atoms with Crippen molar-refractivity contribution in [2.45, 2.75) is 6.42 Å². The second-order valence-corrected chi connectivity index (χ2v) is 2.98. The van der Waals surface area contributed by atoms with E-state index < -0.39 is 0 Å².